The Hall–Kier alpha value is -2.78. The van der Waals surface area contributed by atoms with Crippen LogP contribution in [0, 0.1) is 0 Å². The van der Waals surface area contributed by atoms with Gasteiger partial charge in [-0.25, -0.2) is 14.4 Å². The second kappa shape index (κ2) is 11.3. The average molecular weight is 506 g/mol. The largest absolute Gasteiger partial charge is 0.463 e. The molecule has 2 aliphatic heterocycles. The Morgan fingerprint density at radius 3 is 2.37 bits per heavy atom. The van der Waals surface area contributed by atoms with E-state index in [-0.39, 0.29) is 24.2 Å². The maximum atomic E-state index is 13.2. The molecule has 10 heteroatoms. The van der Waals surface area contributed by atoms with Crippen molar-refractivity contribution in [2.45, 2.75) is 46.2 Å². The number of urea groups is 2. The Morgan fingerprint density at radius 2 is 1.80 bits per heavy atom. The molecule has 1 atom stereocenters. The minimum atomic E-state index is -0.716. The summed E-state index contributed by atoms with van der Waals surface area (Å²) < 4.78 is 5.42. The van der Waals surface area contributed by atoms with E-state index in [2.05, 4.69) is 15.5 Å². The second-order valence-corrected chi connectivity index (χ2v) is 10.1. The summed E-state index contributed by atoms with van der Waals surface area (Å²) in [5, 5.41) is 6.40. The zero-order valence-electron chi connectivity index (χ0n) is 21.2. The fraction of sp³-hybridized carbons (Fsp3) is 0.560. The lowest BCUT2D eigenvalue weighted by Gasteiger charge is -2.40. The van der Waals surface area contributed by atoms with Gasteiger partial charge < -0.3 is 20.3 Å². The minimum Gasteiger partial charge on any atom is -0.463 e. The zero-order valence-corrected chi connectivity index (χ0v) is 21.9. The van der Waals surface area contributed by atoms with Crippen molar-refractivity contribution in [3.8, 4) is 0 Å². The van der Waals surface area contributed by atoms with Crippen molar-refractivity contribution < 1.29 is 19.1 Å². The molecule has 0 radical (unpaired) electrons. The van der Waals surface area contributed by atoms with Gasteiger partial charge in [0.05, 0.1) is 18.2 Å². The number of nitrogens with one attached hydrogen (secondary N) is 2. The fourth-order valence-electron chi connectivity index (χ4n) is 4.32. The van der Waals surface area contributed by atoms with Crippen LogP contribution in [-0.2, 0) is 9.53 Å². The summed E-state index contributed by atoms with van der Waals surface area (Å²) in [4.78, 5) is 44.4. The third-order valence-corrected chi connectivity index (χ3v) is 6.33. The molecule has 2 N–H and O–H groups in total. The zero-order chi connectivity index (χ0) is 25.8. The Morgan fingerprint density at radius 1 is 1.14 bits per heavy atom. The van der Waals surface area contributed by atoms with E-state index in [9.17, 15) is 14.4 Å². The SMILES string of the molecule is CCOC(=O)C1=C(CN2CCN(C(=O)NC(C)(C)C)CC2)N(CC)C(=O)NC1c1ccccc1Cl. The van der Waals surface area contributed by atoms with Crippen molar-refractivity contribution in [2.24, 2.45) is 0 Å². The van der Waals surface area contributed by atoms with Gasteiger partial charge in [-0.3, -0.25) is 9.80 Å². The van der Waals surface area contributed by atoms with Crippen LogP contribution in [0.25, 0.3) is 0 Å². The van der Waals surface area contributed by atoms with E-state index < -0.39 is 12.0 Å². The molecule has 35 heavy (non-hydrogen) atoms. The third-order valence-electron chi connectivity index (χ3n) is 5.98. The van der Waals surface area contributed by atoms with E-state index in [0.717, 1.165) is 0 Å². The number of hydrogen-bond donors (Lipinski definition) is 2. The summed E-state index contributed by atoms with van der Waals surface area (Å²) in [5.41, 5.74) is 1.32. The number of halogens is 1. The monoisotopic (exact) mass is 505 g/mol. The highest BCUT2D eigenvalue weighted by atomic mass is 35.5. The molecule has 1 aromatic carbocycles. The number of hydrogen-bond acceptors (Lipinski definition) is 5. The summed E-state index contributed by atoms with van der Waals surface area (Å²) in [7, 11) is 0. The molecule has 192 valence electrons. The van der Waals surface area contributed by atoms with Crippen LogP contribution in [0.4, 0.5) is 9.59 Å². The number of esters is 1. The lowest BCUT2D eigenvalue weighted by Crippen LogP contribution is -2.56. The fourth-order valence-corrected chi connectivity index (χ4v) is 4.57. The summed E-state index contributed by atoms with van der Waals surface area (Å²) in [6.45, 7) is 12.8. The van der Waals surface area contributed by atoms with Crippen molar-refractivity contribution in [2.75, 3.05) is 45.9 Å². The van der Waals surface area contributed by atoms with Gasteiger partial charge in [0.2, 0.25) is 0 Å². The highest BCUT2D eigenvalue weighted by molar-refractivity contribution is 6.31. The molecule has 1 fully saturated rings. The quantitative estimate of drug-likeness (QED) is 0.578. The van der Waals surface area contributed by atoms with Gasteiger partial charge in [-0.15, -0.1) is 0 Å². The summed E-state index contributed by atoms with van der Waals surface area (Å²) in [6.07, 6.45) is 0. The van der Waals surface area contributed by atoms with Crippen LogP contribution in [-0.4, -0.2) is 84.1 Å². The van der Waals surface area contributed by atoms with Crippen molar-refractivity contribution in [3.63, 3.8) is 0 Å². The Labute approximate surface area is 212 Å². The summed E-state index contributed by atoms with van der Waals surface area (Å²) in [6, 6.07) is 6.07. The molecule has 1 saturated heterocycles. The van der Waals surface area contributed by atoms with Crippen LogP contribution in [0.2, 0.25) is 5.02 Å². The number of carbonyl (C=O) groups excluding carboxylic acids is 3. The number of benzene rings is 1. The first-order valence-electron chi connectivity index (χ1n) is 12.1. The molecule has 4 amide bonds. The molecule has 2 aliphatic rings. The van der Waals surface area contributed by atoms with Gasteiger partial charge in [0.25, 0.3) is 0 Å². The lowest BCUT2D eigenvalue weighted by atomic mass is 9.94. The predicted octanol–water partition coefficient (Wildman–Crippen LogP) is 3.37. The molecule has 1 unspecified atom stereocenters. The van der Waals surface area contributed by atoms with Gasteiger partial charge >= 0.3 is 18.0 Å². The number of carbonyl (C=O) groups is 3. The number of likely N-dealkylation sites (N-methyl/N-ethyl adjacent to an activating group) is 1. The molecule has 0 aromatic heterocycles. The first-order valence-corrected chi connectivity index (χ1v) is 12.5. The predicted molar refractivity (Wildman–Crippen MR) is 135 cm³/mol. The van der Waals surface area contributed by atoms with Crippen molar-refractivity contribution in [3.05, 3.63) is 46.1 Å². The van der Waals surface area contributed by atoms with Gasteiger partial charge in [-0.05, 0) is 46.2 Å². The first kappa shape index (κ1) is 26.8. The van der Waals surface area contributed by atoms with Gasteiger partial charge in [-0.2, -0.15) is 0 Å². The van der Waals surface area contributed by atoms with Crippen molar-refractivity contribution in [1.82, 2.24) is 25.3 Å². The maximum Gasteiger partial charge on any atom is 0.338 e. The number of rotatable bonds is 6. The highest BCUT2D eigenvalue weighted by Crippen LogP contribution is 2.35. The Balaban J connectivity index is 1.90. The van der Waals surface area contributed by atoms with Crippen molar-refractivity contribution >= 4 is 29.6 Å². The first-order chi connectivity index (χ1) is 16.6. The highest BCUT2D eigenvalue weighted by Gasteiger charge is 2.39. The van der Waals surface area contributed by atoms with Crippen LogP contribution in [0.15, 0.2) is 35.5 Å². The number of ether oxygens (including phenoxy) is 1. The van der Waals surface area contributed by atoms with Gasteiger partial charge in [0, 0.05) is 55.5 Å². The third kappa shape index (κ3) is 6.46. The summed E-state index contributed by atoms with van der Waals surface area (Å²) in [5.74, 6) is -0.478. The second-order valence-electron chi connectivity index (χ2n) is 9.67. The smallest absolute Gasteiger partial charge is 0.338 e. The van der Waals surface area contributed by atoms with Crippen molar-refractivity contribution in [1.29, 1.82) is 0 Å². The van der Waals surface area contributed by atoms with E-state index >= 15 is 0 Å². The molecule has 0 spiro atoms. The lowest BCUT2D eigenvalue weighted by molar-refractivity contribution is -0.139. The molecular formula is C25H36ClN5O4. The molecule has 0 aliphatic carbocycles. The number of amides is 4. The van der Waals surface area contributed by atoms with E-state index in [1.165, 1.54) is 0 Å². The molecule has 0 bridgehead atoms. The van der Waals surface area contributed by atoms with E-state index in [1.807, 2.05) is 33.8 Å². The standard InChI is InChI=1S/C25H36ClN5O4/c1-6-31-19(16-29-12-14-30(15-13-29)24(34)28-25(3,4)5)20(22(32)35-7-2)21(27-23(31)33)17-10-8-9-11-18(17)26/h8-11,21H,6-7,12-16H2,1-5H3,(H,27,33)(H,28,34). The van der Waals surface area contributed by atoms with Crippen LogP contribution >= 0.6 is 11.6 Å². The molecule has 2 heterocycles. The van der Waals surface area contributed by atoms with Crippen LogP contribution < -0.4 is 10.6 Å². The van der Waals surface area contributed by atoms with Crippen LogP contribution in [0.1, 0.15) is 46.2 Å². The Kier molecular flexibility index (Phi) is 8.66. The molecular weight excluding hydrogens is 470 g/mol. The molecule has 1 aromatic rings. The van der Waals surface area contributed by atoms with Gasteiger partial charge in [0.15, 0.2) is 0 Å². The average Bonchev–Trinajstić information content (AvgIpc) is 2.78. The number of nitrogens with zero attached hydrogens (tertiary/aromatic N) is 3. The van der Waals surface area contributed by atoms with Gasteiger partial charge in [-0.1, -0.05) is 29.8 Å². The van der Waals surface area contributed by atoms with E-state index in [4.69, 9.17) is 16.3 Å². The maximum absolute atomic E-state index is 13.2. The molecule has 0 saturated carbocycles. The topological polar surface area (TPSA) is 94.2 Å². The normalized spacial score (nSPS) is 19.5. The number of piperazine rings is 1. The minimum absolute atomic E-state index is 0.0883. The molecule has 9 nitrogen and oxygen atoms in total. The van der Waals surface area contributed by atoms with E-state index in [1.54, 1.807) is 34.9 Å². The summed E-state index contributed by atoms with van der Waals surface area (Å²) >= 11 is 6.46. The van der Waals surface area contributed by atoms with E-state index in [0.29, 0.717) is 61.1 Å². The van der Waals surface area contributed by atoms with Gasteiger partial charge in [0.1, 0.15) is 0 Å². The van der Waals surface area contributed by atoms with Crippen LogP contribution in [0.5, 0.6) is 0 Å². The molecule has 3 rings (SSSR count). The van der Waals surface area contributed by atoms with Crippen LogP contribution in [0.3, 0.4) is 0 Å². The Bertz CT molecular complexity index is 982.